The van der Waals surface area contributed by atoms with Gasteiger partial charge in [-0.2, -0.15) is 5.10 Å². The monoisotopic (exact) mass is 536 g/mol. The number of nitrogens with zero attached hydrogens (tertiary/aromatic N) is 1. The summed E-state index contributed by atoms with van der Waals surface area (Å²) in [7, 11) is 0. The predicted octanol–water partition coefficient (Wildman–Crippen LogP) is 6.34. The van der Waals surface area contributed by atoms with E-state index in [0.717, 1.165) is 26.7 Å². The quantitative estimate of drug-likeness (QED) is 0.189. The molecule has 0 spiro atoms. The standard InChI is InChI=1S/C27H25BrN2O5/c1-3-32-21-10-11-23-20(14-21)15-25(35-23)27(31)30-29-16-19-12-22(28)26(24(13-19)33-4-2)34-17-18-8-6-5-7-9-18/h5-16H,3-4,17H2,1-2H3,(H,30,31)/b29-16+. The highest BCUT2D eigenvalue weighted by Gasteiger charge is 2.14. The molecule has 0 atom stereocenters. The number of furan rings is 1. The molecule has 7 nitrogen and oxygen atoms in total. The summed E-state index contributed by atoms with van der Waals surface area (Å²) in [6.07, 6.45) is 1.53. The molecule has 0 aliphatic rings. The Morgan fingerprint density at radius 3 is 2.57 bits per heavy atom. The van der Waals surface area contributed by atoms with E-state index in [1.165, 1.54) is 6.21 Å². The number of benzene rings is 3. The minimum Gasteiger partial charge on any atom is -0.494 e. The smallest absolute Gasteiger partial charge is 0.307 e. The van der Waals surface area contributed by atoms with Crippen LogP contribution < -0.4 is 19.6 Å². The SMILES string of the molecule is CCOc1ccc2oc(C(=O)N/N=C/c3cc(Br)c(OCc4ccccc4)c(OCC)c3)cc2c1. The first-order valence-electron chi connectivity index (χ1n) is 11.2. The molecule has 8 heteroatoms. The molecular weight excluding hydrogens is 512 g/mol. The number of nitrogens with one attached hydrogen (secondary N) is 1. The van der Waals surface area contributed by atoms with E-state index in [1.807, 2.05) is 56.3 Å². The van der Waals surface area contributed by atoms with E-state index in [9.17, 15) is 4.79 Å². The van der Waals surface area contributed by atoms with Gasteiger partial charge in [0, 0.05) is 5.39 Å². The molecule has 1 amide bonds. The number of fused-ring (bicyclic) bond motifs is 1. The topological polar surface area (TPSA) is 82.3 Å². The summed E-state index contributed by atoms with van der Waals surface area (Å²) in [6.45, 7) is 5.26. The number of amides is 1. The third kappa shape index (κ3) is 6.22. The number of hydrogen-bond acceptors (Lipinski definition) is 6. The van der Waals surface area contributed by atoms with Gasteiger partial charge in [0.25, 0.3) is 0 Å². The Morgan fingerprint density at radius 2 is 1.80 bits per heavy atom. The second-order valence-corrected chi connectivity index (χ2v) is 8.33. The van der Waals surface area contributed by atoms with Crippen molar-refractivity contribution in [2.45, 2.75) is 20.5 Å². The molecule has 1 N–H and O–H groups in total. The molecule has 1 heterocycles. The first-order chi connectivity index (χ1) is 17.1. The van der Waals surface area contributed by atoms with Crippen molar-refractivity contribution in [1.29, 1.82) is 0 Å². The molecule has 0 aliphatic heterocycles. The molecule has 0 fully saturated rings. The molecule has 0 radical (unpaired) electrons. The molecular formula is C27H25BrN2O5. The van der Waals surface area contributed by atoms with E-state index in [1.54, 1.807) is 24.3 Å². The minimum absolute atomic E-state index is 0.159. The van der Waals surface area contributed by atoms with E-state index in [2.05, 4.69) is 26.5 Å². The van der Waals surface area contributed by atoms with Crippen molar-refractivity contribution in [1.82, 2.24) is 5.43 Å². The van der Waals surface area contributed by atoms with E-state index < -0.39 is 5.91 Å². The normalized spacial score (nSPS) is 11.1. The lowest BCUT2D eigenvalue weighted by Gasteiger charge is -2.14. The van der Waals surface area contributed by atoms with Gasteiger partial charge in [-0.25, -0.2) is 5.43 Å². The van der Waals surface area contributed by atoms with Gasteiger partial charge in [-0.15, -0.1) is 0 Å². The first-order valence-corrected chi connectivity index (χ1v) is 12.0. The highest BCUT2D eigenvalue weighted by atomic mass is 79.9. The lowest BCUT2D eigenvalue weighted by atomic mass is 10.2. The van der Waals surface area contributed by atoms with Crippen molar-refractivity contribution in [2.75, 3.05) is 13.2 Å². The molecule has 0 unspecified atom stereocenters. The molecule has 180 valence electrons. The van der Waals surface area contributed by atoms with Crippen LogP contribution in [0, 0.1) is 0 Å². The molecule has 4 aromatic rings. The third-order valence-corrected chi connectivity index (χ3v) is 5.55. The van der Waals surface area contributed by atoms with Crippen molar-refractivity contribution in [3.8, 4) is 17.2 Å². The highest BCUT2D eigenvalue weighted by Crippen LogP contribution is 2.37. The Morgan fingerprint density at radius 1 is 1.00 bits per heavy atom. The zero-order chi connectivity index (χ0) is 24.6. The van der Waals surface area contributed by atoms with Crippen LogP contribution in [-0.2, 0) is 6.61 Å². The lowest BCUT2D eigenvalue weighted by Crippen LogP contribution is -2.16. The average Bonchev–Trinajstić information content (AvgIpc) is 3.28. The summed E-state index contributed by atoms with van der Waals surface area (Å²) in [4.78, 5) is 12.5. The molecule has 0 saturated carbocycles. The van der Waals surface area contributed by atoms with E-state index in [0.29, 0.717) is 36.9 Å². The van der Waals surface area contributed by atoms with Gasteiger partial charge in [0.05, 0.1) is 23.9 Å². The van der Waals surface area contributed by atoms with Gasteiger partial charge in [0.15, 0.2) is 17.3 Å². The molecule has 0 bridgehead atoms. The number of halogens is 1. The van der Waals surface area contributed by atoms with Gasteiger partial charge in [-0.05, 0) is 77.3 Å². The van der Waals surface area contributed by atoms with Crippen LogP contribution in [0.3, 0.4) is 0 Å². The van der Waals surface area contributed by atoms with Gasteiger partial charge < -0.3 is 18.6 Å². The molecule has 0 saturated heterocycles. The van der Waals surface area contributed by atoms with Gasteiger partial charge in [-0.1, -0.05) is 30.3 Å². The Kier molecular flexibility index (Phi) is 8.05. The van der Waals surface area contributed by atoms with Crippen LogP contribution in [0.15, 0.2) is 80.7 Å². The number of hydrogen-bond donors (Lipinski definition) is 1. The maximum atomic E-state index is 12.5. The number of carbonyl (C=O) groups excluding carboxylic acids is 1. The summed E-state index contributed by atoms with van der Waals surface area (Å²) < 4.78 is 23.6. The molecule has 1 aromatic heterocycles. The van der Waals surface area contributed by atoms with Crippen molar-refractivity contribution in [2.24, 2.45) is 5.10 Å². The Hall–Kier alpha value is -3.78. The maximum absolute atomic E-state index is 12.5. The second kappa shape index (κ2) is 11.6. The van der Waals surface area contributed by atoms with Crippen LogP contribution in [0.2, 0.25) is 0 Å². The fourth-order valence-electron chi connectivity index (χ4n) is 3.41. The number of hydrazone groups is 1. The molecule has 0 aliphatic carbocycles. The molecule has 3 aromatic carbocycles. The Labute approximate surface area is 211 Å². The number of carbonyl (C=O) groups is 1. The largest absolute Gasteiger partial charge is 0.494 e. The predicted molar refractivity (Wildman–Crippen MR) is 139 cm³/mol. The molecule has 35 heavy (non-hydrogen) atoms. The van der Waals surface area contributed by atoms with Gasteiger partial charge in [0.1, 0.15) is 17.9 Å². The summed E-state index contributed by atoms with van der Waals surface area (Å²) in [6, 6.07) is 20.6. The average molecular weight is 537 g/mol. The summed E-state index contributed by atoms with van der Waals surface area (Å²) >= 11 is 3.56. The van der Waals surface area contributed by atoms with E-state index in [4.69, 9.17) is 18.6 Å². The van der Waals surface area contributed by atoms with E-state index in [-0.39, 0.29) is 5.76 Å². The zero-order valence-electron chi connectivity index (χ0n) is 19.4. The summed E-state index contributed by atoms with van der Waals surface area (Å²) in [5.74, 6) is 1.60. The van der Waals surface area contributed by atoms with E-state index >= 15 is 0 Å². The van der Waals surface area contributed by atoms with Gasteiger partial charge >= 0.3 is 5.91 Å². The fourth-order valence-corrected chi connectivity index (χ4v) is 3.98. The Bertz CT molecular complexity index is 1330. The van der Waals surface area contributed by atoms with Crippen molar-refractivity contribution >= 4 is 39.0 Å². The third-order valence-electron chi connectivity index (χ3n) is 4.96. The summed E-state index contributed by atoms with van der Waals surface area (Å²) in [5.41, 5.74) is 4.87. The van der Waals surface area contributed by atoms with Gasteiger partial charge in [0.2, 0.25) is 0 Å². The van der Waals surface area contributed by atoms with Crippen LogP contribution in [-0.4, -0.2) is 25.3 Å². The van der Waals surface area contributed by atoms with Crippen LogP contribution in [0.25, 0.3) is 11.0 Å². The number of rotatable bonds is 10. The molecule has 4 rings (SSSR count). The highest BCUT2D eigenvalue weighted by molar-refractivity contribution is 9.10. The van der Waals surface area contributed by atoms with Crippen LogP contribution >= 0.6 is 15.9 Å². The Balaban J connectivity index is 1.45. The van der Waals surface area contributed by atoms with Crippen LogP contribution in [0.4, 0.5) is 0 Å². The fraction of sp³-hybridized carbons (Fsp3) is 0.185. The lowest BCUT2D eigenvalue weighted by molar-refractivity contribution is 0.0929. The summed E-state index contributed by atoms with van der Waals surface area (Å²) in [5, 5.41) is 4.85. The number of ether oxygens (including phenoxy) is 3. The first kappa shape index (κ1) is 24.3. The minimum atomic E-state index is -0.456. The van der Waals surface area contributed by atoms with Crippen LogP contribution in [0.5, 0.6) is 17.2 Å². The zero-order valence-corrected chi connectivity index (χ0v) is 21.0. The maximum Gasteiger partial charge on any atom is 0.307 e. The van der Waals surface area contributed by atoms with Crippen molar-refractivity contribution in [3.05, 3.63) is 88.1 Å². The van der Waals surface area contributed by atoms with Crippen molar-refractivity contribution in [3.63, 3.8) is 0 Å². The second-order valence-electron chi connectivity index (χ2n) is 7.48. The van der Waals surface area contributed by atoms with Crippen molar-refractivity contribution < 1.29 is 23.4 Å². The van der Waals surface area contributed by atoms with Gasteiger partial charge in [-0.3, -0.25) is 4.79 Å². The van der Waals surface area contributed by atoms with Crippen LogP contribution in [0.1, 0.15) is 35.5 Å².